The van der Waals surface area contributed by atoms with Crippen molar-refractivity contribution >= 4 is 33.3 Å². The van der Waals surface area contributed by atoms with E-state index in [0.29, 0.717) is 6.42 Å². The standard InChI is InChI=1S/C8H8O2.2C6H5.Sn/c9-8(10)6-7-4-2-1-3-5-7;2*1-2-4-6-5-3-1;/h1-5H,6H2,(H,9,10);2*1-5H;/q;;;+1/p-1. The molecule has 113 valence electrons. The van der Waals surface area contributed by atoms with Gasteiger partial charge in [0.15, 0.2) is 0 Å². The molecular formula is C20H17O2Sn. The fraction of sp³-hybridized carbons (Fsp3) is 0.0500. The van der Waals surface area contributed by atoms with Crippen LogP contribution >= 0.6 is 0 Å². The van der Waals surface area contributed by atoms with Crippen LogP contribution in [0.4, 0.5) is 0 Å². The molecule has 2 nitrogen and oxygen atoms in total. The molecule has 1 radical (unpaired) electrons. The van der Waals surface area contributed by atoms with E-state index in [4.69, 9.17) is 3.07 Å². The third-order valence-electron chi connectivity index (χ3n) is 3.48. The Labute approximate surface area is 144 Å². The predicted octanol–water partition coefficient (Wildman–Crippen LogP) is 2.58. The van der Waals surface area contributed by atoms with Gasteiger partial charge in [0.25, 0.3) is 0 Å². The first-order valence-corrected chi connectivity index (χ1v) is 11.6. The van der Waals surface area contributed by atoms with E-state index >= 15 is 0 Å². The summed E-state index contributed by atoms with van der Waals surface area (Å²) in [6, 6.07) is 30.0. The molecule has 3 aromatic rings. The summed E-state index contributed by atoms with van der Waals surface area (Å²) in [6.07, 6.45) is 0.324. The van der Waals surface area contributed by atoms with Crippen molar-refractivity contribution in [1.82, 2.24) is 0 Å². The fourth-order valence-corrected chi connectivity index (χ4v) is 7.68. The summed E-state index contributed by atoms with van der Waals surface area (Å²) in [6.45, 7) is 0. The van der Waals surface area contributed by atoms with Gasteiger partial charge in [-0.25, -0.2) is 0 Å². The zero-order valence-corrected chi connectivity index (χ0v) is 15.5. The quantitative estimate of drug-likeness (QED) is 0.607. The topological polar surface area (TPSA) is 26.3 Å². The number of carbonyl (C=O) groups excluding carboxylic acids is 1. The number of carbonyl (C=O) groups is 1. The van der Waals surface area contributed by atoms with Gasteiger partial charge in [0.2, 0.25) is 0 Å². The Morgan fingerprint density at radius 3 is 1.61 bits per heavy atom. The average molecular weight is 408 g/mol. The van der Waals surface area contributed by atoms with E-state index in [1.165, 1.54) is 7.16 Å². The van der Waals surface area contributed by atoms with Gasteiger partial charge >= 0.3 is 144 Å². The SMILES string of the molecule is O=C(Cc1ccccc1)[O][Sn]([c]1ccccc1)[c]1ccccc1. The third-order valence-corrected chi connectivity index (χ3v) is 9.61. The summed E-state index contributed by atoms with van der Waals surface area (Å²) in [5, 5.41) is 0. The summed E-state index contributed by atoms with van der Waals surface area (Å²) >= 11 is -2.67. The molecule has 0 saturated heterocycles. The Bertz CT molecular complexity index is 703. The van der Waals surface area contributed by atoms with E-state index in [1.807, 2.05) is 66.7 Å². The molecule has 3 aromatic carbocycles. The van der Waals surface area contributed by atoms with Crippen molar-refractivity contribution in [2.75, 3.05) is 0 Å². The summed E-state index contributed by atoms with van der Waals surface area (Å²) in [7, 11) is 0. The zero-order chi connectivity index (χ0) is 15.9. The van der Waals surface area contributed by atoms with Crippen LogP contribution in [-0.4, -0.2) is 26.1 Å². The van der Waals surface area contributed by atoms with E-state index in [2.05, 4.69) is 24.3 Å². The molecule has 0 fully saturated rings. The second-order valence-electron chi connectivity index (χ2n) is 5.20. The van der Waals surface area contributed by atoms with Crippen LogP contribution in [0.2, 0.25) is 0 Å². The van der Waals surface area contributed by atoms with Gasteiger partial charge in [-0.2, -0.15) is 0 Å². The number of benzene rings is 3. The molecule has 0 heterocycles. The van der Waals surface area contributed by atoms with Crippen molar-refractivity contribution < 1.29 is 7.87 Å². The molecule has 0 amide bonds. The molecule has 0 saturated carbocycles. The number of hydrogen-bond donors (Lipinski definition) is 0. The fourth-order valence-electron chi connectivity index (χ4n) is 2.38. The molecule has 3 rings (SSSR count). The van der Waals surface area contributed by atoms with Crippen molar-refractivity contribution in [2.24, 2.45) is 0 Å². The van der Waals surface area contributed by atoms with Gasteiger partial charge in [-0.15, -0.1) is 0 Å². The maximum atomic E-state index is 12.4. The second-order valence-corrected chi connectivity index (χ2v) is 11.0. The Balaban J connectivity index is 1.81. The Hall–Kier alpha value is -2.07. The summed E-state index contributed by atoms with van der Waals surface area (Å²) < 4.78 is 8.32. The molecular weight excluding hydrogens is 391 g/mol. The van der Waals surface area contributed by atoms with Gasteiger partial charge in [0, 0.05) is 0 Å². The van der Waals surface area contributed by atoms with E-state index < -0.39 is 20.2 Å². The second kappa shape index (κ2) is 7.97. The van der Waals surface area contributed by atoms with Crippen LogP contribution in [0.1, 0.15) is 5.56 Å². The van der Waals surface area contributed by atoms with Crippen molar-refractivity contribution in [3.8, 4) is 0 Å². The van der Waals surface area contributed by atoms with E-state index in [0.717, 1.165) is 5.56 Å². The molecule has 0 aliphatic carbocycles. The van der Waals surface area contributed by atoms with Crippen LogP contribution in [0.3, 0.4) is 0 Å². The minimum absolute atomic E-state index is 0.140. The molecule has 0 aliphatic heterocycles. The van der Waals surface area contributed by atoms with Gasteiger partial charge in [-0.3, -0.25) is 0 Å². The van der Waals surface area contributed by atoms with E-state index in [1.54, 1.807) is 0 Å². The van der Waals surface area contributed by atoms with Gasteiger partial charge in [0.05, 0.1) is 0 Å². The van der Waals surface area contributed by atoms with Gasteiger partial charge < -0.3 is 0 Å². The Morgan fingerprint density at radius 1 is 0.696 bits per heavy atom. The van der Waals surface area contributed by atoms with Crippen LogP contribution in [0.25, 0.3) is 0 Å². The first-order chi connectivity index (χ1) is 11.3. The van der Waals surface area contributed by atoms with Crippen molar-refractivity contribution in [3.63, 3.8) is 0 Å². The Kier molecular flexibility index (Phi) is 5.48. The molecule has 23 heavy (non-hydrogen) atoms. The van der Waals surface area contributed by atoms with Crippen LogP contribution < -0.4 is 7.16 Å². The molecule has 0 atom stereocenters. The molecule has 0 unspecified atom stereocenters. The van der Waals surface area contributed by atoms with Crippen LogP contribution in [0.15, 0.2) is 91.0 Å². The normalized spacial score (nSPS) is 10.5. The predicted molar refractivity (Wildman–Crippen MR) is 94.1 cm³/mol. The van der Waals surface area contributed by atoms with E-state index in [-0.39, 0.29) is 5.97 Å². The van der Waals surface area contributed by atoms with Crippen molar-refractivity contribution in [3.05, 3.63) is 96.6 Å². The van der Waals surface area contributed by atoms with Crippen LogP contribution in [0.5, 0.6) is 0 Å². The average Bonchev–Trinajstić information content (AvgIpc) is 2.62. The molecule has 3 heteroatoms. The van der Waals surface area contributed by atoms with Gasteiger partial charge in [-0.05, 0) is 0 Å². The maximum absolute atomic E-state index is 12.4. The molecule has 0 N–H and O–H groups in total. The van der Waals surface area contributed by atoms with Gasteiger partial charge in [0.1, 0.15) is 0 Å². The Morgan fingerprint density at radius 2 is 1.13 bits per heavy atom. The molecule has 0 bridgehead atoms. The first kappa shape index (κ1) is 15.8. The minimum atomic E-state index is -2.67. The number of rotatable bonds is 5. The molecule has 0 spiro atoms. The molecule has 0 aliphatic rings. The first-order valence-electron chi connectivity index (χ1n) is 7.55. The monoisotopic (exact) mass is 409 g/mol. The summed E-state index contributed by atoms with van der Waals surface area (Å²) in [5.74, 6) is -0.140. The van der Waals surface area contributed by atoms with Crippen LogP contribution in [0, 0.1) is 0 Å². The molecule has 0 aromatic heterocycles. The summed E-state index contributed by atoms with van der Waals surface area (Å²) in [4.78, 5) is 12.4. The van der Waals surface area contributed by atoms with Crippen molar-refractivity contribution in [1.29, 1.82) is 0 Å². The van der Waals surface area contributed by atoms with Gasteiger partial charge in [-0.1, -0.05) is 0 Å². The third kappa shape index (κ3) is 4.45. The number of hydrogen-bond acceptors (Lipinski definition) is 2. The van der Waals surface area contributed by atoms with Crippen LogP contribution in [-0.2, 0) is 14.3 Å². The van der Waals surface area contributed by atoms with Crippen molar-refractivity contribution in [2.45, 2.75) is 6.42 Å². The zero-order valence-electron chi connectivity index (χ0n) is 12.7. The van der Waals surface area contributed by atoms with E-state index in [9.17, 15) is 4.79 Å². The summed E-state index contributed by atoms with van der Waals surface area (Å²) in [5.41, 5.74) is 0.987.